The van der Waals surface area contributed by atoms with E-state index in [0.29, 0.717) is 6.04 Å². The Hall–Kier alpha value is -0.480. The van der Waals surface area contributed by atoms with Crippen LogP contribution in [-0.2, 0) is 0 Å². The largest absolute Gasteiger partial charge is 0.301 e. The molecule has 76 valence electrons. The zero-order chi connectivity index (χ0) is 10.3. The van der Waals surface area contributed by atoms with Crippen molar-refractivity contribution in [1.82, 2.24) is 5.32 Å². The van der Waals surface area contributed by atoms with Crippen molar-refractivity contribution in [3.05, 3.63) is 0 Å². The van der Waals surface area contributed by atoms with E-state index >= 15 is 0 Å². The van der Waals surface area contributed by atoms with E-state index in [1.54, 1.807) is 0 Å². The van der Waals surface area contributed by atoms with Crippen LogP contribution in [0.15, 0.2) is 0 Å². The van der Waals surface area contributed by atoms with Crippen molar-refractivity contribution in [3.63, 3.8) is 0 Å². The van der Waals surface area contributed by atoms with Gasteiger partial charge in [0, 0.05) is 6.04 Å². The van der Waals surface area contributed by atoms with Crippen molar-refractivity contribution in [1.29, 1.82) is 0 Å². The van der Waals surface area contributed by atoms with Gasteiger partial charge in [0.25, 0.3) is 0 Å². The first kappa shape index (κ1) is 12.5. The summed E-state index contributed by atoms with van der Waals surface area (Å²) in [6.45, 7) is 8.85. The summed E-state index contributed by atoms with van der Waals surface area (Å²) in [6, 6.07) is 0.787. The predicted molar refractivity (Wildman–Crippen MR) is 59.6 cm³/mol. The first-order chi connectivity index (χ1) is 6.13. The molecular weight excluding hydrogens is 158 g/mol. The molecule has 0 bridgehead atoms. The number of hydrogen-bond acceptors (Lipinski definition) is 1. The second kappa shape index (κ2) is 6.97. The van der Waals surface area contributed by atoms with Gasteiger partial charge >= 0.3 is 0 Å². The quantitative estimate of drug-likeness (QED) is 0.621. The molecular formula is C12H23N. The van der Waals surface area contributed by atoms with E-state index in [-0.39, 0.29) is 6.04 Å². The number of terminal acetylenes is 1. The molecule has 0 heterocycles. The van der Waals surface area contributed by atoms with Crippen LogP contribution in [0.4, 0.5) is 0 Å². The van der Waals surface area contributed by atoms with Crippen LogP contribution in [0.2, 0.25) is 0 Å². The Morgan fingerprint density at radius 3 is 2.23 bits per heavy atom. The lowest BCUT2D eigenvalue weighted by Crippen LogP contribution is -2.36. The molecule has 0 aliphatic heterocycles. The SMILES string of the molecule is C#CC(CC)NC(C)CC(C)CC. The number of hydrogen-bond donors (Lipinski definition) is 1. The molecule has 0 aromatic rings. The molecule has 0 aliphatic rings. The maximum atomic E-state index is 5.38. The molecule has 0 amide bonds. The van der Waals surface area contributed by atoms with Crippen LogP contribution < -0.4 is 5.32 Å². The average Bonchev–Trinajstić information content (AvgIpc) is 2.13. The summed E-state index contributed by atoms with van der Waals surface area (Å²) >= 11 is 0. The fraction of sp³-hybridized carbons (Fsp3) is 0.833. The third-order valence-electron chi connectivity index (χ3n) is 2.55. The normalized spacial score (nSPS) is 17.5. The molecule has 3 atom stereocenters. The fourth-order valence-corrected chi connectivity index (χ4v) is 1.47. The van der Waals surface area contributed by atoms with Gasteiger partial charge in [-0.2, -0.15) is 0 Å². The molecule has 13 heavy (non-hydrogen) atoms. The third-order valence-corrected chi connectivity index (χ3v) is 2.55. The highest BCUT2D eigenvalue weighted by molar-refractivity contribution is 4.98. The van der Waals surface area contributed by atoms with Gasteiger partial charge in [-0.1, -0.05) is 33.1 Å². The smallest absolute Gasteiger partial charge is 0.0686 e. The van der Waals surface area contributed by atoms with Crippen molar-refractivity contribution < 1.29 is 0 Å². The van der Waals surface area contributed by atoms with Crippen LogP contribution in [0.25, 0.3) is 0 Å². The van der Waals surface area contributed by atoms with Gasteiger partial charge in [0.15, 0.2) is 0 Å². The van der Waals surface area contributed by atoms with Crippen LogP contribution >= 0.6 is 0 Å². The molecule has 0 aliphatic carbocycles. The van der Waals surface area contributed by atoms with Crippen molar-refractivity contribution in [2.24, 2.45) is 5.92 Å². The summed E-state index contributed by atoms with van der Waals surface area (Å²) < 4.78 is 0. The van der Waals surface area contributed by atoms with Crippen molar-refractivity contribution >= 4 is 0 Å². The van der Waals surface area contributed by atoms with Gasteiger partial charge in [-0.3, -0.25) is 0 Å². The summed E-state index contributed by atoms with van der Waals surface area (Å²) in [5, 5.41) is 3.45. The van der Waals surface area contributed by atoms with Crippen LogP contribution in [0.5, 0.6) is 0 Å². The van der Waals surface area contributed by atoms with Crippen molar-refractivity contribution in [3.8, 4) is 12.3 Å². The van der Waals surface area contributed by atoms with Gasteiger partial charge in [-0.15, -0.1) is 6.42 Å². The first-order valence-electron chi connectivity index (χ1n) is 5.36. The minimum absolute atomic E-state index is 0.249. The Labute approximate surface area is 83.3 Å². The minimum atomic E-state index is 0.249. The lowest BCUT2D eigenvalue weighted by molar-refractivity contribution is 0.394. The molecule has 0 spiro atoms. The van der Waals surface area contributed by atoms with E-state index < -0.39 is 0 Å². The maximum Gasteiger partial charge on any atom is 0.0686 e. The van der Waals surface area contributed by atoms with Gasteiger partial charge in [0.05, 0.1) is 6.04 Å². The lowest BCUT2D eigenvalue weighted by atomic mass is 10.00. The van der Waals surface area contributed by atoms with Crippen molar-refractivity contribution in [2.75, 3.05) is 0 Å². The predicted octanol–water partition coefficient (Wildman–Crippen LogP) is 2.81. The molecule has 0 aromatic heterocycles. The second-order valence-corrected chi connectivity index (χ2v) is 3.94. The number of rotatable bonds is 6. The van der Waals surface area contributed by atoms with E-state index in [4.69, 9.17) is 6.42 Å². The van der Waals surface area contributed by atoms with Crippen LogP contribution in [0.3, 0.4) is 0 Å². The highest BCUT2D eigenvalue weighted by Crippen LogP contribution is 2.10. The van der Waals surface area contributed by atoms with E-state index in [9.17, 15) is 0 Å². The third kappa shape index (κ3) is 5.71. The van der Waals surface area contributed by atoms with Gasteiger partial charge in [0.1, 0.15) is 0 Å². The van der Waals surface area contributed by atoms with Crippen LogP contribution in [-0.4, -0.2) is 12.1 Å². The highest BCUT2D eigenvalue weighted by atomic mass is 14.9. The van der Waals surface area contributed by atoms with Gasteiger partial charge in [-0.05, 0) is 25.7 Å². The summed E-state index contributed by atoms with van der Waals surface area (Å²) in [5.41, 5.74) is 0. The molecule has 0 saturated carbocycles. The average molecular weight is 181 g/mol. The van der Waals surface area contributed by atoms with Gasteiger partial charge < -0.3 is 5.32 Å². The van der Waals surface area contributed by atoms with E-state index in [1.807, 2.05) is 0 Å². The Morgan fingerprint density at radius 1 is 1.23 bits per heavy atom. The van der Waals surface area contributed by atoms with Crippen LogP contribution in [0, 0.1) is 18.3 Å². The Balaban J connectivity index is 3.73. The molecule has 0 aromatic carbocycles. The zero-order valence-electron chi connectivity index (χ0n) is 9.43. The topological polar surface area (TPSA) is 12.0 Å². The molecule has 1 N–H and O–H groups in total. The molecule has 0 rings (SSSR count). The Morgan fingerprint density at radius 2 is 1.85 bits per heavy atom. The summed E-state index contributed by atoms with van der Waals surface area (Å²) in [5.74, 6) is 3.55. The zero-order valence-corrected chi connectivity index (χ0v) is 9.43. The minimum Gasteiger partial charge on any atom is -0.301 e. The number of nitrogens with one attached hydrogen (secondary N) is 1. The molecule has 0 fully saturated rings. The standard InChI is InChI=1S/C12H23N/c1-6-10(4)9-11(5)13-12(7-2)8-3/h2,10-13H,6,8-9H2,1,3-5H3. The summed E-state index contributed by atoms with van der Waals surface area (Å²) in [4.78, 5) is 0. The van der Waals surface area contributed by atoms with E-state index in [0.717, 1.165) is 12.3 Å². The van der Waals surface area contributed by atoms with E-state index in [1.165, 1.54) is 12.8 Å². The van der Waals surface area contributed by atoms with Crippen molar-refractivity contribution in [2.45, 2.75) is 59.0 Å². The fourth-order valence-electron chi connectivity index (χ4n) is 1.47. The summed E-state index contributed by atoms with van der Waals surface area (Å²) in [7, 11) is 0. The maximum absolute atomic E-state index is 5.38. The molecule has 0 radical (unpaired) electrons. The molecule has 3 unspecified atom stereocenters. The van der Waals surface area contributed by atoms with Gasteiger partial charge in [0.2, 0.25) is 0 Å². The second-order valence-electron chi connectivity index (χ2n) is 3.94. The lowest BCUT2D eigenvalue weighted by Gasteiger charge is -2.20. The molecule has 1 nitrogen and oxygen atoms in total. The monoisotopic (exact) mass is 181 g/mol. The Kier molecular flexibility index (Phi) is 6.72. The highest BCUT2D eigenvalue weighted by Gasteiger charge is 2.09. The van der Waals surface area contributed by atoms with E-state index in [2.05, 4.69) is 38.9 Å². The first-order valence-corrected chi connectivity index (χ1v) is 5.36. The van der Waals surface area contributed by atoms with Gasteiger partial charge in [-0.25, -0.2) is 0 Å². The summed E-state index contributed by atoms with van der Waals surface area (Å²) in [6.07, 6.45) is 8.86. The Bertz CT molecular complexity index is 157. The molecule has 0 saturated heterocycles. The van der Waals surface area contributed by atoms with Crippen LogP contribution in [0.1, 0.15) is 47.0 Å². The molecule has 1 heteroatoms.